The van der Waals surface area contributed by atoms with Crippen LogP contribution in [0.25, 0.3) is 0 Å². The second-order valence-electron chi connectivity index (χ2n) is 7.38. The van der Waals surface area contributed by atoms with Crippen LogP contribution >= 0.6 is 0 Å². The van der Waals surface area contributed by atoms with Crippen molar-refractivity contribution in [3.8, 4) is 0 Å². The van der Waals surface area contributed by atoms with Crippen LogP contribution in [-0.2, 0) is 20.9 Å². The number of benzene rings is 1. The molecule has 0 amide bonds. The van der Waals surface area contributed by atoms with E-state index in [1.165, 1.54) is 5.56 Å². The van der Waals surface area contributed by atoms with Crippen molar-refractivity contribution in [2.45, 2.75) is 25.0 Å². The zero-order valence-corrected chi connectivity index (χ0v) is 18.1. The van der Waals surface area contributed by atoms with Crippen molar-refractivity contribution in [3.05, 3.63) is 60.3 Å². The Morgan fingerprint density at radius 1 is 0.875 bits per heavy atom. The maximum absolute atomic E-state index is 10.3. The number of hydrogen-bond acceptors (Lipinski definition) is 7. The third-order valence-electron chi connectivity index (χ3n) is 4.29. The van der Waals surface area contributed by atoms with Crippen LogP contribution in [0.4, 0.5) is 5.82 Å². The zero-order chi connectivity index (χ0) is 24.1. The molecular weight excluding hydrogens is 418 g/mol. The van der Waals surface area contributed by atoms with Crippen LogP contribution in [0.15, 0.2) is 54.7 Å². The fraction of sp³-hybridized carbons (Fsp3) is 0.364. The van der Waals surface area contributed by atoms with Crippen LogP contribution in [-0.4, -0.2) is 81.0 Å². The molecule has 1 aromatic heterocycles. The van der Waals surface area contributed by atoms with Gasteiger partial charge in [-0.1, -0.05) is 36.4 Å². The second kappa shape index (κ2) is 13.0. The molecule has 0 bridgehead atoms. The molecule has 10 nitrogen and oxygen atoms in total. The van der Waals surface area contributed by atoms with Gasteiger partial charge in [-0.2, -0.15) is 0 Å². The summed E-state index contributed by atoms with van der Waals surface area (Å²) in [5, 5.41) is 33.8. The van der Waals surface area contributed by atoms with Crippen molar-refractivity contribution in [2.24, 2.45) is 0 Å². The lowest BCUT2D eigenvalue weighted by molar-refractivity contribution is -0.170. The minimum Gasteiger partial charge on any atom is -0.481 e. The lowest BCUT2D eigenvalue weighted by Gasteiger charge is -2.25. The zero-order valence-electron chi connectivity index (χ0n) is 18.1. The SMILES string of the molecule is CN(C)CCN(Cc1ccccc1)c1ccccn1.O=C(O)CC(O)(CC(=O)O)C(=O)O. The van der Waals surface area contributed by atoms with E-state index in [1.807, 2.05) is 18.3 Å². The Morgan fingerprint density at radius 3 is 1.88 bits per heavy atom. The van der Waals surface area contributed by atoms with E-state index < -0.39 is 36.4 Å². The van der Waals surface area contributed by atoms with Gasteiger partial charge >= 0.3 is 17.9 Å². The number of anilines is 1. The number of pyridine rings is 1. The highest BCUT2D eigenvalue weighted by Gasteiger charge is 2.40. The summed E-state index contributed by atoms with van der Waals surface area (Å²) in [5.74, 6) is -3.98. The number of aliphatic carboxylic acids is 3. The van der Waals surface area contributed by atoms with Crippen molar-refractivity contribution < 1.29 is 34.8 Å². The molecule has 174 valence electrons. The number of likely N-dealkylation sites (N-methyl/N-ethyl adjacent to an activating group) is 1. The van der Waals surface area contributed by atoms with Gasteiger partial charge in [0.15, 0.2) is 5.60 Å². The molecular formula is C22H29N3O7. The molecule has 0 saturated carbocycles. The standard InChI is InChI=1S/C16H21N3.C6H8O7/c1-18(2)12-13-19(16-10-6-7-11-17-16)14-15-8-4-3-5-9-15;7-3(8)1-6(13,5(11)12)2-4(9)10/h3-11H,12-14H2,1-2H3;13H,1-2H2,(H,7,8)(H,9,10)(H,11,12). The molecule has 0 unspecified atom stereocenters. The molecule has 1 aromatic carbocycles. The van der Waals surface area contributed by atoms with Gasteiger partial charge in [-0.3, -0.25) is 9.59 Å². The normalized spacial score (nSPS) is 10.8. The van der Waals surface area contributed by atoms with Crippen LogP contribution < -0.4 is 4.90 Å². The van der Waals surface area contributed by atoms with Gasteiger partial charge < -0.3 is 30.2 Å². The van der Waals surface area contributed by atoms with Crippen LogP contribution in [0.3, 0.4) is 0 Å². The first-order chi connectivity index (χ1) is 15.0. The molecule has 0 aliphatic carbocycles. The number of aliphatic hydroxyl groups is 1. The number of aromatic nitrogens is 1. The maximum Gasteiger partial charge on any atom is 0.336 e. The Hall–Kier alpha value is -3.50. The summed E-state index contributed by atoms with van der Waals surface area (Å²) in [6.45, 7) is 2.88. The van der Waals surface area contributed by atoms with Crippen LogP contribution in [0.1, 0.15) is 18.4 Å². The van der Waals surface area contributed by atoms with E-state index in [0.29, 0.717) is 0 Å². The molecule has 2 aromatic rings. The summed E-state index contributed by atoms with van der Waals surface area (Å²) in [7, 11) is 4.19. The molecule has 0 spiro atoms. The van der Waals surface area contributed by atoms with Gasteiger partial charge in [-0.15, -0.1) is 0 Å². The summed E-state index contributed by atoms with van der Waals surface area (Å²) in [5.41, 5.74) is -1.43. The van der Waals surface area contributed by atoms with Gasteiger partial charge in [0.1, 0.15) is 5.82 Å². The lowest BCUT2D eigenvalue weighted by atomic mass is 9.96. The average Bonchev–Trinajstić information content (AvgIpc) is 2.71. The van der Waals surface area contributed by atoms with Crippen molar-refractivity contribution >= 4 is 23.7 Å². The lowest BCUT2D eigenvalue weighted by Crippen LogP contribution is -2.42. The van der Waals surface area contributed by atoms with Crippen LogP contribution in [0.5, 0.6) is 0 Å². The van der Waals surface area contributed by atoms with E-state index in [1.54, 1.807) is 0 Å². The quantitative estimate of drug-likeness (QED) is 0.398. The number of nitrogens with zero attached hydrogens (tertiary/aromatic N) is 3. The molecule has 1 heterocycles. The number of carbonyl (C=O) groups is 3. The predicted octanol–water partition coefficient (Wildman–Crippen LogP) is 1.40. The van der Waals surface area contributed by atoms with Gasteiger partial charge in [-0.25, -0.2) is 9.78 Å². The second-order valence-corrected chi connectivity index (χ2v) is 7.38. The highest BCUT2D eigenvalue weighted by atomic mass is 16.4. The summed E-state index contributed by atoms with van der Waals surface area (Å²) >= 11 is 0. The Balaban J connectivity index is 0.000000347. The summed E-state index contributed by atoms with van der Waals surface area (Å²) in [4.78, 5) is 39.5. The molecule has 0 atom stereocenters. The number of hydrogen-bond donors (Lipinski definition) is 4. The Kier molecular flexibility index (Phi) is 10.8. The van der Waals surface area contributed by atoms with Gasteiger partial charge in [0, 0.05) is 25.8 Å². The van der Waals surface area contributed by atoms with E-state index >= 15 is 0 Å². The predicted molar refractivity (Wildman–Crippen MR) is 117 cm³/mol. The number of carboxylic acid groups (broad SMARTS) is 3. The Labute approximate surface area is 186 Å². The topological polar surface area (TPSA) is 152 Å². The first-order valence-corrected chi connectivity index (χ1v) is 9.77. The molecule has 32 heavy (non-hydrogen) atoms. The van der Waals surface area contributed by atoms with Gasteiger partial charge in [0.2, 0.25) is 0 Å². The fourth-order valence-corrected chi connectivity index (χ4v) is 2.65. The molecule has 0 radical (unpaired) electrons. The Morgan fingerprint density at radius 2 is 1.44 bits per heavy atom. The van der Waals surface area contributed by atoms with Crippen molar-refractivity contribution in [1.82, 2.24) is 9.88 Å². The number of rotatable bonds is 11. The maximum atomic E-state index is 10.3. The Bertz CT molecular complexity index is 844. The monoisotopic (exact) mass is 447 g/mol. The summed E-state index contributed by atoms with van der Waals surface area (Å²) in [6.07, 6.45) is -0.438. The highest BCUT2D eigenvalue weighted by molar-refractivity contribution is 5.88. The van der Waals surface area contributed by atoms with Crippen molar-refractivity contribution in [3.63, 3.8) is 0 Å². The minimum atomic E-state index is -2.74. The summed E-state index contributed by atoms with van der Waals surface area (Å²) < 4.78 is 0. The van der Waals surface area contributed by atoms with E-state index in [2.05, 4.69) is 65.3 Å². The molecule has 10 heteroatoms. The van der Waals surface area contributed by atoms with E-state index in [-0.39, 0.29) is 0 Å². The van der Waals surface area contributed by atoms with Crippen LogP contribution in [0, 0.1) is 0 Å². The highest BCUT2D eigenvalue weighted by Crippen LogP contribution is 2.16. The van der Waals surface area contributed by atoms with E-state index in [9.17, 15) is 14.4 Å². The fourth-order valence-electron chi connectivity index (χ4n) is 2.65. The van der Waals surface area contributed by atoms with Gasteiger partial charge in [-0.05, 0) is 31.8 Å². The van der Waals surface area contributed by atoms with E-state index in [0.717, 1.165) is 25.5 Å². The van der Waals surface area contributed by atoms with Crippen molar-refractivity contribution in [2.75, 3.05) is 32.1 Å². The van der Waals surface area contributed by atoms with Gasteiger partial charge in [0.25, 0.3) is 0 Å². The molecule has 0 fully saturated rings. The van der Waals surface area contributed by atoms with Crippen LogP contribution in [0.2, 0.25) is 0 Å². The third kappa shape index (κ3) is 10.0. The smallest absolute Gasteiger partial charge is 0.336 e. The molecule has 4 N–H and O–H groups in total. The minimum absolute atomic E-state index is 0.895. The first kappa shape index (κ1) is 26.5. The largest absolute Gasteiger partial charge is 0.481 e. The molecule has 0 aliphatic rings. The third-order valence-corrected chi connectivity index (χ3v) is 4.29. The van der Waals surface area contributed by atoms with Gasteiger partial charge in [0.05, 0.1) is 12.8 Å². The van der Waals surface area contributed by atoms with E-state index in [4.69, 9.17) is 20.4 Å². The number of carboxylic acids is 3. The average molecular weight is 447 g/mol. The van der Waals surface area contributed by atoms with Crippen molar-refractivity contribution in [1.29, 1.82) is 0 Å². The molecule has 2 rings (SSSR count). The molecule has 0 saturated heterocycles. The first-order valence-electron chi connectivity index (χ1n) is 9.77. The summed E-state index contributed by atoms with van der Waals surface area (Å²) in [6, 6.07) is 16.6. The molecule has 0 aliphatic heterocycles.